The minimum Gasteiger partial charge on any atom is -0.388 e. The lowest BCUT2D eigenvalue weighted by atomic mass is 10.1. The van der Waals surface area contributed by atoms with E-state index < -0.39 is 11.9 Å². The van der Waals surface area contributed by atoms with Crippen LogP contribution < -0.4 is 0 Å². The molecule has 0 aliphatic heterocycles. The van der Waals surface area contributed by atoms with Crippen LogP contribution in [0.1, 0.15) is 18.1 Å². The largest absolute Gasteiger partial charge is 0.388 e. The number of hydrogen-bond donors (Lipinski definition) is 2. The summed E-state index contributed by atoms with van der Waals surface area (Å²) < 4.78 is 13.1. The highest BCUT2D eigenvalue weighted by Crippen LogP contribution is 2.23. The van der Waals surface area contributed by atoms with Crippen LogP contribution in [0.25, 0.3) is 0 Å². The highest BCUT2D eigenvalue weighted by Gasteiger charge is 2.11. The third kappa shape index (κ3) is 2.86. The van der Waals surface area contributed by atoms with E-state index in [1.165, 1.54) is 18.2 Å². The van der Waals surface area contributed by atoms with Crippen LogP contribution in [0.3, 0.4) is 0 Å². The third-order valence-electron chi connectivity index (χ3n) is 1.72. The molecule has 0 saturated carbocycles. The maximum atomic E-state index is 13.1. The second-order valence-corrected chi connectivity index (χ2v) is 3.58. The molecule has 0 aromatic heterocycles. The molecule has 0 radical (unpaired) electrons. The molecule has 1 aromatic rings. The van der Waals surface area contributed by atoms with Crippen molar-refractivity contribution in [1.82, 2.24) is 0 Å². The summed E-state index contributed by atoms with van der Waals surface area (Å²) in [5.74, 6) is 0.0753. The zero-order valence-corrected chi connectivity index (χ0v) is 8.52. The Morgan fingerprint density at radius 1 is 1.54 bits per heavy atom. The Balaban J connectivity index is 2.91. The first-order chi connectivity index (χ1) is 6.15. The molecule has 4 heteroatoms. The lowest BCUT2D eigenvalue weighted by molar-refractivity contribution is 0.170. The monoisotopic (exact) mass is 220 g/mol. The lowest BCUT2D eigenvalue weighted by Gasteiger charge is -2.10. The summed E-state index contributed by atoms with van der Waals surface area (Å²) in [4.78, 5) is 0. The fraction of sp³-hybridized carbons (Fsp3) is 0.333. The van der Waals surface area contributed by atoms with Crippen molar-refractivity contribution >= 4 is 24.2 Å². The highest BCUT2D eigenvalue weighted by molar-refractivity contribution is 7.80. The van der Waals surface area contributed by atoms with Gasteiger partial charge in [-0.05, 0) is 30.4 Å². The van der Waals surface area contributed by atoms with Crippen molar-refractivity contribution in [1.29, 1.82) is 0 Å². The van der Waals surface area contributed by atoms with Crippen LogP contribution in [0, 0.1) is 5.82 Å². The van der Waals surface area contributed by atoms with E-state index in [0.717, 1.165) is 0 Å². The van der Waals surface area contributed by atoms with Crippen molar-refractivity contribution in [2.75, 3.05) is 5.75 Å². The Labute approximate surface area is 86.9 Å². The van der Waals surface area contributed by atoms with Gasteiger partial charge in [0.2, 0.25) is 0 Å². The van der Waals surface area contributed by atoms with Gasteiger partial charge in [-0.25, -0.2) is 4.39 Å². The van der Waals surface area contributed by atoms with Gasteiger partial charge in [0, 0.05) is 10.6 Å². The van der Waals surface area contributed by atoms with E-state index in [1.807, 2.05) is 0 Å². The van der Waals surface area contributed by atoms with Gasteiger partial charge in [0.1, 0.15) is 5.82 Å². The Kier molecular flexibility index (Phi) is 4.03. The van der Waals surface area contributed by atoms with E-state index in [2.05, 4.69) is 12.6 Å². The first kappa shape index (κ1) is 10.8. The molecule has 1 unspecified atom stereocenters. The molecule has 1 atom stereocenters. The van der Waals surface area contributed by atoms with Crippen molar-refractivity contribution in [3.8, 4) is 0 Å². The van der Waals surface area contributed by atoms with E-state index in [0.29, 0.717) is 17.2 Å². The summed E-state index contributed by atoms with van der Waals surface area (Å²) in [6, 6.07) is 4.14. The number of aliphatic hydroxyl groups excluding tert-OH is 1. The zero-order valence-electron chi connectivity index (χ0n) is 6.87. The van der Waals surface area contributed by atoms with Crippen LogP contribution in [0.5, 0.6) is 0 Å². The van der Waals surface area contributed by atoms with E-state index in [9.17, 15) is 9.50 Å². The van der Waals surface area contributed by atoms with Gasteiger partial charge in [-0.15, -0.1) is 0 Å². The number of halogens is 2. The number of benzene rings is 1. The number of hydrogen-bond acceptors (Lipinski definition) is 2. The van der Waals surface area contributed by atoms with E-state index in [1.54, 1.807) is 0 Å². The Hall–Kier alpha value is -0.250. The van der Waals surface area contributed by atoms with Gasteiger partial charge < -0.3 is 5.11 Å². The molecule has 0 spiro atoms. The van der Waals surface area contributed by atoms with Crippen molar-refractivity contribution in [2.45, 2.75) is 12.5 Å². The van der Waals surface area contributed by atoms with Crippen molar-refractivity contribution in [3.05, 3.63) is 34.6 Å². The topological polar surface area (TPSA) is 20.2 Å². The van der Waals surface area contributed by atoms with Crippen LogP contribution in [-0.4, -0.2) is 10.9 Å². The van der Waals surface area contributed by atoms with Crippen LogP contribution in [0.4, 0.5) is 4.39 Å². The molecule has 0 heterocycles. The summed E-state index contributed by atoms with van der Waals surface area (Å²) >= 11 is 9.62. The molecule has 0 saturated heterocycles. The molecular formula is C9H10ClFOS. The molecule has 0 aliphatic carbocycles. The second-order valence-electron chi connectivity index (χ2n) is 2.69. The standard InChI is InChI=1S/C9H10ClFOS/c10-6-1-2-8(11)7(5-6)9(12)3-4-13/h1-2,5,9,12-13H,3-4H2. The molecule has 0 fully saturated rings. The zero-order chi connectivity index (χ0) is 9.84. The first-order valence-corrected chi connectivity index (χ1v) is 4.90. The van der Waals surface area contributed by atoms with Gasteiger partial charge in [0.25, 0.3) is 0 Å². The van der Waals surface area contributed by atoms with Gasteiger partial charge >= 0.3 is 0 Å². The second kappa shape index (κ2) is 4.84. The average molecular weight is 221 g/mol. The Morgan fingerprint density at radius 2 is 2.23 bits per heavy atom. The quantitative estimate of drug-likeness (QED) is 0.751. The van der Waals surface area contributed by atoms with Crippen LogP contribution >= 0.6 is 24.2 Å². The molecule has 1 nitrogen and oxygen atoms in total. The average Bonchev–Trinajstić information content (AvgIpc) is 2.09. The van der Waals surface area contributed by atoms with Crippen molar-refractivity contribution in [2.24, 2.45) is 0 Å². The maximum absolute atomic E-state index is 13.1. The normalized spacial score (nSPS) is 12.9. The van der Waals surface area contributed by atoms with Crippen LogP contribution in [0.15, 0.2) is 18.2 Å². The smallest absolute Gasteiger partial charge is 0.129 e. The summed E-state index contributed by atoms with van der Waals surface area (Å²) in [5.41, 5.74) is 0.238. The van der Waals surface area contributed by atoms with Gasteiger partial charge in [-0.1, -0.05) is 11.6 Å². The molecule has 13 heavy (non-hydrogen) atoms. The molecule has 0 bridgehead atoms. The van der Waals surface area contributed by atoms with E-state index in [4.69, 9.17) is 11.6 Å². The summed E-state index contributed by atoms with van der Waals surface area (Å²) in [5, 5.41) is 9.90. The molecule has 1 aromatic carbocycles. The lowest BCUT2D eigenvalue weighted by Crippen LogP contribution is -2.01. The van der Waals surface area contributed by atoms with E-state index >= 15 is 0 Å². The van der Waals surface area contributed by atoms with Crippen LogP contribution in [0.2, 0.25) is 5.02 Å². The predicted octanol–water partition coefficient (Wildman–Crippen LogP) is 2.83. The third-order valence-corrected chi connectivity index (χ3v) is 2.21. The van der Waals surface area contributed by atoms with Gasteiger partial charge in [0.05, 0.1) is 6.10 Å². The van der Waals surface area contributed by atoms with Crippen molar-refractivity contribution in [3.63, 3.8) is 0 Å². The van der Waals surface area contributed by atoms with Gasteiger partial charge in [-0.2, -0.15) is 12.6 Å². The molecule has 0 amide bonds. The first-order valence-electron chi connectivity index (χ1n) is 3.89. The summed E-state index contributed by atoms with van der Waals surface area (Å²) in [6.45, 7) is 0. The minimum atomic E-state index is -0.823. The van der Waals surface area contributed by atoms with Crippen LogP contribution in [-0.2, 0) is 0 Å². The Bertz CT molecular complexity index is 293. The summed E-state index contributed by atoms with van der Waals surface area (Å²) in [6.07, 6.45) is -0.406. The SMILES string of the molecule is OC(CCS)c1cc(Cl)ccc1F. The molecule has 1 N–H and O–H groups in total. The molecular weight excluding hydrogens is 211 g/mol. The summed E-state index contributed by atoms with van der Waals surface area (Å²) in [7, 11) is 0. The molecule has 0 aliphatic rings. The van der Waals surface area contributed by atoms with Gasteiger partial charge in [-0.3, -0.25) is 0 Å². The van der Waals surface area contributed by atoms with Crippen molar-refractivity contribution < 1.29 is 9.50 Å². The molecule has 72 valence electrons. The van der Waals surface area contributed by atoms with E-state index in [-0.39, 0.29) is 5.56 Å². The number of thiol groups is 1. The fourth-order valence-electron chi connectivity index (χ4n) is 1.05. The minimum absolute atomic E-state index is 0.238. The number of aliphatic hydroxyl groups is 1. The molecule has 1 rings (SSSR count). The fourth-order valence-corrected chi connectivity index (χ4v) is 1.47. The predicted molar refractivity (Wildman–Crippen MR) is 54.8 cm³/mol. The number of rotatable bonds is 3. The highest BCUT2D eigenvalue weighted by atomic mass is 35.5. The Morgan fingerprint density at radius 3 is 2.85 bits per heavy atom. The maximum Gasteiger partial charge on any atom is 0.129 e. The van der Waals surface area contributed by atoms with Gasteiger partial charge in [0.15, 0.2) is 0 Å².